The zero-order chi connectivity index (χ0) is 24.7. The number of amides is 1. The van der Waals surface area contributed by atoms with E-state index in [-0.39, 0.29) is 18.1 Å². The summed E-state index contributed by atoms with van der Waals surface area (Å²) in [6.07, 6.45) is 3.72. The molecule has 0 bridgehead atoms. The fourth-order valence-electron chi connectivity index (χ4n) is 4.52. The first-order valence-electron chi connectivity index (χ1n) is 11.3. The number of methoxy groups -OCH3 is 1. The predicted molar refractivity (Wildman–Crippen MR) is 137 cm³/mol. The summed E-state index contributed by atoms with van der Waals surface area (Å²) in [6.45, 7) is 0.638. The maximum absolute atomic E-state index is 12.5. The Balaban J connectivity index is 1.45. The first kappa shape index (κ1) is 23.2. The summed E-state index contributed by atoms with van der Waals surface area (Å²) >= 11 is 6.29. The summed E-state index contributed by atoms with van der Waals surface area (Å²) in [4.78, 5) is 28.2. The lowest BCUT2D eigenvalue weighted by Gasteiger charge is -2.21. The van der Waals surface area contributed by atoms with Gasteiger partial charge < -0.3 is 24.7 Å². The van der Waals surface area contributed by atoms with Crippen LogP contribution in [-0.4, -0.2) is 77.6 Å². The van der Waals surface area contributed by atoms with E-state index >= 15 is 0 Å². The summed E-state index contributed by atoms with van der Waals surface area (Å²) in [6, 6.07) is 9.41. The van der Waals surface area contributed by atoms with Gasteiger partial charge in [0, 0.05) is 61.3 Å². The van der Waals surface area contributed by atoms with Crippen LogP contribution in [0.5, 0.6) is 11.5 Å². The molecule has 0 unspecified atom stereocenters. The van der Waals surface area contributed by atoms with E-state index in [4.69, 9.17) is 21.1 Å². The van der Waals surface area contributed by atoms with Crippen molar-refractivity contribution >= 4 is 50.8 Å². The number of aromatic nitrogens is 3. The number of rotatable bonds is 6. The molecule has 2 aromatic carbocycles. The van der Waals surface area contributed by atoms with E-state index in [1.165, 1.54) is 6.33 Å². The number of carbonyl (C=O) groups excluding carboxylic acids is 1. The van der Waals surface area contributed by atoms with Gasteiger partial charge in [0.15, 0.2) is 11.5 Å². The highest BCUT2D eigenvalue weighted by Gasteiger charge is 2.36. The standard InChI is InChI=1S/C25H27ClN6O3/c1-31(2)25(33)21-8-15(12-32(21)3)35-23-9-17-20(10-22(23)34-4)28-13-29-24(17)30-14-5-6-19-16(7-14)18(26)11-27-19/h5-7,9-11,13,15,21,27H,8,12H2,1-4H3,(H,28,29,30)/t15-,21+/m0/s1. The number of likely N-dealkylation sites (tertiary alicyclic amines) is 1. The lowest BCUT2D eigenvalue weighted by Crippen LogP contribution is -2.40. The molecule has 2 N–H and O–H groups in total. The maximum atomic E-state index is 12.5. The van der Waals surface area contributed by atoms with Crippen molar-refractivity contribution in [2.45, 2.75) is 18.6 Å². The predicted octanol–water partition coefficient (Wildman–Crippen LogP) is 4.06. The fourth-order valence-corrected chi connectivity index (χ4v) is 4.73. The number of halogens is 1. The summed E-state index contributed by atoms with van der Waals surface area (Å²) in [5, 5.41) is 5.75. The lowest BCUT2D eigenvalue weighted by atomic mass is 10.1. The molecule has 0 aliphatic carbocycles. The van der Waals surface area contributed by atoms with Gasteiger partial charge in [-0.1, -0.05) is 11.6 Å². The third-order valence-electron chi connectivity index (χ3n) is 6.34. The van der Waals surface area contributed by atoms with Crippen molar-refractivity contribution < 1.29 is 14.3 Å². The van der Waals surface area contributed by atoms with Crippen LogP contribution in [0.15, 0.2) is 42.9 Å². The Labute approximate surface area is 208 Å². The normalized spacial score (nSPS) is 18.2. The number of fused-ring (bicyclic) bond motifs is 2. The van der Waals surface area contributed by atoms with Crippen LogP contribution < -0.4 is 14.8 Å². The minimum absolute atomic E-state index is 0.0726. The lowest BCUT2D eigenvalue weighted by molar-refractivity contribution is -0.133. The van der Waals surface area contributed by atoms with Crippen LogP contribution in [0.3, 0.4) is 0 Å². The highest BCUT2D eigenvalue weighted by atomic mass is 35.5. The van der Waals surface area contributed by atoms with Crippen LogP contribution in [0.25, 0.3) is 21.8 Å². The number of nitrogens with zero attached hydrogens (tertiary/aromatic N) is 4. The zero-order valence-electron chi connectivity index (χ0n) is 20.0. The Morgan fingerprint density at radius 1 is 1.20 bits per heavy atom. The number of hydrogen-bond donors (Lipinski definition) is 2. The van der Waals surface area contributed by atoms with Crippen molar-refractivity contribution in [2.75, 3.05) is 40.1 Å². The number of anilines is 2. The third-order valence-corrected chi connectivity index (χ3v) is 6.66. The average Bonchev–Trinajstić information content (AvgIpc) is 3.40. The van der Waals surface area contributed by atoms with E-state index in [2.05, 4.69) is 20.3 Å². The number of nitrogens with one attached hydrogen (secondary N) is 2. The van der Waals surface area contributed by atoms with Crippen molar-refractivity contribution in [3.05, 3.63) is 47.9 Å². The van der Waals surface area contributed by atoms with E-state index in [0.29, 0.717) is 35.3 Å². The van der Waals surface area contributed by atoms with Crippen molar-refractivity contribution in [3.8, 4) is 11.5 Å². The number of carbonyl (C=O) groups is 1. The van der Waals surface area contributed by atoms with Crippen molar-refractivity contribution in [2.24, 2.45) is 0 Å². The largest absolute Gasteiger partial charge is 0.493 e. The van der Waals surface area contributed by atoms with E-state index in [9.17, 15) is 4.79 Å². The zero-order valence-corrected chi connectivity index (χ0v) is 20.8. The molecular formula is C25H27ClN6O3. The van der Waals surface area contributed by atoms with Gasteiger partial charge in [-0.25, -0.2) is 9.97 Å². The molecule has 1 aliphatic rings. The van der Waals surface area contributed by atoms with Crippen LogP contribution in [0.1, 0.15) is 6.42 Å². The molecule has 1 saturated heterocycles. The monoisotopic (exact) mass is 494 g/mol. The molecule has 1 amide bonds. The number of aromatic amines is 1. The Morgan fingerprint density at radius 3 is 2.80 bits per heavy atom. The molecule has 1 fully saturated rings. The van der Waals surface area contributed by atoms with E-state index < -0.39 is 0 Å². The van der Waals surface area contributed by atoms with Crippen molar-refractivity contribution in [3.63, 3.8) is 0 Å². The van der Waals surface area contributed by atoms with E-state index in [1.54, 1.807) is 32.3 Å². The second-order valence-electron chi connectivity index (χ2n) is 8.93. The van der Waals surface area contributed by atoms with Crippen LogP contribution in [0, 0.1) is 0 Å². The highest BCUT2D eigenvalue weighted by molar-refractivity contribution is 6.35. The molecule has 10 heteroatoms. The van der Waals surface area contributed by atoms with E-state index in [0.717, 1.165) is 27.5 Å². The Bertz CT molecular complexity index is 1400. The van der Waals surface area contributed by atoms with Crippen LogP contribution in [-0.2, 0) is 4.79 Å². The quantitative estimate of drug-likeness (QED) is 0.417. The minimum atomic E-state index is -0.211. The number of hydrogen-bond acceptors (Lipinski definition) is 7. The highest BCUT2D eigenvalue weighted by Crippen LogP contribution is 2.37. The molecule has 3 heterocycles. The Morgan fingerprint density at radius 2 is 2.03 bits per heavy atom. The summed E-state index contributed by atoms with van der Waals surface area (Å²) in [5.41, 5.74) is 2.53. The second-order valence-corrected chi connectivity index (χ2v) is 9.34. The topological polar surface area (TPSA) is 95.6 Å². The van der Waals surface area contributed by atoms with Gasteiger partial charge in [0.05, 0.1) is 23.7 Å². The van der Waals surface area contributed by atoms with Crippen molar-refractivity contribution in [1.82, 2.24) is 24.8 Å². The van der Waals surface area contributed by atoms with Crippen LogP contribution in [0.4, 0.5) is 11.5 Å². The molecule has 2 atom stereocenters. The van der Waals surface area contributed by atoms with Gasteiger partial charge >= 0.3 is 0 Å². The SMILES string of the molecule is COc1cc2ncnc(Nc3ccc4[nH]cc(Cl)c4c3)c2cc1O[C@H]1C[C@H](C(=O)N(C)C)N(C)C1. The smallest absolute Gasteiger partial charge is 0.239 e. The molecule has 182 valence electrons. The Kier molecular flexibility index (Phi) is 6.12. The average molecular weight is 495 g/mol. The van der Waals surface area contributed by atoms with Gasteiger partial charge in [-0.15, -0.1) is 0 Å². The molecular weight excluding hydrogens is 468 g/mol. The van der Waals surface area contributed by atoms with Crippen molar-refractivity contribution in [1.29, 1.82) is 0 Å². The summed E-state index contributed by atoms with van der Waals surface area (Å²) in [5.74, 6) is 1.87. The molecule has 35 heavy (non-hydrogen) atoms. The van der Waals surface area contributed by atoms with Gasteiger partial charge in [-0.05, 0) is 31.3 Å². The summed E-state index contributed by atoms with van der Waals surface area (Å²) in [7, 11) is 7.08. The van der Waals surface area contributed by atoms with Gasteiger partial charge in [-0.3, -0.25) is 9.69 Å². The second kappa shape index (κ2) is 9.24. The minimum Gasteiger partial charge on any atom is -0.493 e. The van der Waals surface area contributed by atoms with Crippen LogP contribution >= 0.6 is 11.6 Å². The third kappa shape index (κ3) is 4.44. The molecule has 9 nitrogen and oxygen atoms in total. The molecule has 0 spiro atoms. The summed E-state index contributed by atoms with van der Waals surface area (Å²) < 4.78 is 12.0. The number of ether oxygens (including phenoxy) is 2. The maximum Gasteiger partial charge on any atom is 0.239 e. The first-order chi connectivity index (χ1) is 16.8. The van der Waals surface area contributed by atoms with Gasteiger partial charge in [0.25, 0.3) is 0 Å². The molecule has 0 saturated carbocycles. The Hall–Kier alpha value is -3.56. The first-order valence-corrected chi connectivity index (χ1v) is 11.7. The molecule has 0 radical (unpaired) electrons. The van der Waals surface area contributed by atoms with E-state index in [1.807, 2.05) is 42.3 Å². The molecule has 1 aliphatic heterocycles. The number of benzene rings is 2. The number of H-pyrrole nitrogens is 1. The fraction of sp³-hybridized carbons (Fsp3) is 0.320. The van der Waals surface area contributed by atoms with Gasteiger partial charge in [-0.2, -0.15) is 0 Å². The molecule has 2 aromatic heterocycles. The molecule has 4 aromatic rings. The van der Waals surface area contributed by atoms with Crippen LogP contribution in [0.2, 0.25) is 5.02 Å². The van der Waals surface area contributed by atoms with Gasteiger partial charge in [0.2, 0.25) is 5.91 Å². The van der Waals surface area contributed by atoms with Gasteiger partial charge in [0.1, 0.15) is 18.2 Å². The number of likely N-dealkylation sites (N-methyl/N-ethyl adjacent to an activating group) is 2. The molecule has 5 rings (SSSR count).